The van der Waals surface area contributed by atoms with E-state index in [9.17, 15) is 4.79 Å². The second-order valence-electron chi connectivity index (χ2n) is 6.30. The van der Waals surface area contributed by atoms with Crippen molar-refractivity contribution in [2.45, 2.75) is 59.5 Å². The van der Waals surface area contributed by atoms with Gasteiger partial charge in [-0.25, -0.2) is 0 Å². The second-order valence-corrected chi connectivity index (χ2v) is 6.30. The molecule has 1 aliphatic heterocycles. The SMILES string of the molecule is CC(C)CCNC(=O)C1CC(C)C[NH+]1C(C)C. The molecule has 3 unspecified atom stereocenters. The Kier molecular flexibility index (Phi) is 5.44. The van der Waals surface area contributed by atoms with Crippen molar-refractivity contribution < 1.29 is 9.69 Å². The van der Waals surface area contributed by atoms with E-state index in [0.717, 1.165) is 25.9 Å². The maximum atomic E-state index is 12.2. The highest BCUT2D eigenvalue weighted by molar-refractivity contribution is 5.80. The van der Waals surface area contributed by atoms with E-state index < -0.39 is 0 Å². The Morgan fingerprint density at radius 1 is 1.35 bits per heavy atom. The van der Waals surface area contributed by atoms with Gasteiger partial charge in [-0.3, -0.25) is 4.79 Å². The molecule has 3 heteroatoms. The molecule has 1 fully saturated rings. The molecular formula is C14H29N2O+. The lowest BCUT2D eigenvalue weighted by molar-refractivity contribution is -0.925. The average Bonchev–Trinajstić information content (AvgIpc) is 2.59. The lowest BCUT2D eigenvalue weighted by atomic mass is 10.1. The molecule has 1 rings (SSSR count). The summed E-state index contributed by atoms with van der Waals surface area (Å²) >= 11 is 0. The normalized spacial score (nSPS) is 29.0. The molecule has 2 N–H and O–H groups in total. The Morgan fingerprint density at radius 3 is 2.53 bits per heavy atom. The molecule has 100 valence electrons. The summed E-state index contributed by atoms with van der Waals surface area (Å²) in [5.41, 5.74) is 0. The molecule has 1 amide bonds. The van der Waals surface area contributed by atoms with Crippen LogP contribution in [0.25, 0.3) is 0 Å². The van der Waals surface area contributed by atoms with Crippen molar-refractivity contribution in [2.75, 3.05) is 13.1 Å². The zero-order valence-electron chi connectivity index (χ0n) is 12.0. The van der Waals surface area contributed by atoms with E-state index in [1.165, 1.54) is 4.90 Å². The summed E-state index contributed by atoms with van der Waals surface area (Å²) in [7, 11) is 0. The van der Waals surface area contributed by atoms with Gasteiger partial charge in [0.15, 0.2) is 6.04 Å². The number of hydrogen-bond donors (Lipinski definition) is 2. The largest absolute Gasteiger partial charge is 0.351 e. The van der Waals surface area contributed by atoms with Gasteiger partial charge in [-0.1, -0.05) is 20.8 Å². The standard InChI is InChI=1S/C14H28N2O/c1-10(2)6-7-15-14(17)13-8-12(5)9-16(13)11(3)4/h10-13H,6-9H2,1-5H3,(H,15,17)/p+1. The summed E-state index contributed by atoms with van der Waals surface area (Å²) in [6.45, 7) is 13.0. The average molecular weight is 241 g/mol. The van der Waals surface area contributed by atoms with Crippen LogP contribution < -0.4 is 10.2 Å². The van der Waals surface area contributed by atoms with Gasteiger partial charge in [0, 0.05) is 18.9 Å². The third-order valence-electron chi connectivity index (χ3n) is 3.75. The van der Waals surface area contributed by atoms with Gasteiger partial charge in [-0.2, -0.15) is 0 Å². The number of carbonyl (C=O) groups excluding carboxylic acids is 1. The topological polar surface area (TPSA) is 33.5 Å². The molecule has 0 aliphatic carbocycles. The first-order chi connectivity index (χ1) is 7.91. The Balaban J connectivity index is 2.44. The molecule has 0 radical (unpaired) electrons. The fourth-order valence-corrected chi connectivity index (χ4v) is 2.70. The number of quaternary nitrogens is 1. The lowest BCUT2D eigenvalue weighted by Gasteiger charge is -2.24. The van der Waals surface area contributed by atoms with Crippen LogP contribution in [0.4, 0.5) is 0 Å². The van der Waals surface area contributed by atoms with Gasteiger partial charge < -0.3 is 10.2 Å². The molecule has 3 nitrogen and oxygen atoms in total. The van der Waals surface area contributed by atoms with Crippen molar-refractivity contribution in [3.8, 4) is 0 Å². The highest BCUT2D eigenvalue weighted by Gasteiger charge is 2.39. The molecule has 0 aromatic carbocycles. The number of likely N-dealkylation sites (tertiary alicyclic amines) is 1. The first-order valence-electron chi connectivity index (χ1n) is 7.05. The number of carbonyl (C=O) groups is 1. The number of amides is 1. The van der Waals surface area contributed by atoms with Gasteiger partial charge in [0.05, 0.1) is 12.6 Å². The van der Waals surface area contributed by atoms with Crippen LogP contribution in [-0.4, -0.2) is 31.1 Å². The number of rotatable bonds is 5. The summed E-state index contributed by atoms with van der Waals surface area (Å²) in [5.74, 6) is 1.60. The minimum Gasteiger partial charge on any atom is -0.351 e. The van der Waals surface area contributed by atoms with Crippen LogP contribution in [0.1, 0.15) is 47.5 Å². The Bertz CT molecular complexity index is 251. The van der Waals surface area contributed by atoms with E-state index in [0.29, 0.717) is 17.9 Å². The van der Waals surface area contributed by atoms with Crippen molar-refractivity contribution in [1.82, 2.24) is 5.32 Å². The first kappa shape index (κ1) is 14.5. The minimum atomic E-state index is 0.178. The number of nitrogens with one attached hydrogen (secondary N) is 2. The highest BCUT2D eigenvalue weighted by Crippen LogP contribution is 2.09. The van der Waals surface area contributed by atoms with Gasteiger partial charge in [0.1, 0.15) is 0 Å². The van der Waals surface area contributed by atoms with Crippen LogP contribution in [0, 0.1) is 11.8 Å². The van der Waals surface area contributed by atoms with Crippen molar-refractivity contribution in [1.29, 1.82) is 0 Å². The predicted octanol–water partition coefficient (Wildman–Crippen LogP) is 0.850. The van der Waals surface area contributed by atoms with E-state index in [1.807, 2.05) is 0 Å². The Labute approximate surface area is 106 Å². The molecule has 1 saturated heterocycles. The predicted molar refractivity (Wildman–Crippen MR) is 71.0 cm³/mol. The quantitative estimate of drug-likeness (QED) is 0.735. The number of hydrogen-bond acceptors (Lipinski definition) is 1. The van der Waals surface area contributed by atoms with E-state index >= 15 is 0 Å². The molecule has 1 aliphatic rings. The summed E-state index contributed by atoms with van der Waals surface area (Å²) in [6, 6.07) is 0.720. The van der Waals surface area contributed by atoms with E-state index in [2.05, 4.69) is 39.9 Å². The van der Waals surface area contributed by atoms with Crippen LogP contribution in [0.2, 0.25) is 0 Å². The molecular weight excluding hydrogens is 212 g/mol. The van der Waals surface area contributed by atoms with E-state index in [1.54, 1.807) is 0 Å². The molecule has 0 spiro atoms. The molecule has 0 saturated carbocycles. The fraction of sp³-hybridized carbons (Fsp3) is 0.929. The Morgan fingerprint density at radius 2 is 2.00 bits per heavy atom. The van der Waals surface area contributed by atoms with Gasteiger partial charge in [-0.15, -0.1) is 0 Å². The Hall–Kier alpha value is -0.570. The molecule has 17 heavy (non-hydrogen) atoms. The summed E-state index contributed by atoms with van der Waals surface area (Å²) < 4.78 is 0. The lowest BCUT2D eigenvalue weighted by Crippen LogP contribution is -3.18. The first-order valence-corrected chi connectivity index (χ1v) is 7.05. The van der Waals surface area contributed by atoms with Crippen LogP contribution in [0.5, 0.6) is 0 Å². The van der Waals surface area contributed by atoms with E-state index in [4.69, 9.17) is 0 Å². The van der Waals surface area contributed by atoms with Gasteiger partial charge in [-0.05, 0) is 26.2 Å². The van der Waals surface area contributed by atoms with Crippen LogP contribution in [0.3, 0.4) is 0 Å². The minimum absolute atomic E-state index is 0.178. The van der Waals surface area contributed by atoms with Crippen LogP contribution >= 0.6 is 0 Å². The molecule has 0 aromatic rings. The molecule has 3 atom stereocenters. The zero-order chi connectivity index (χ0) is 13.0. The van der Waals surface area contributed by atoms with Gasteiger partial charge in [0.2, 0.25) is 0 Å². The highest BCUT2D eigenvalue weighted by atomic mass is 16.2. The van der Waals surface area contributed by atoms with Crippen LogP contribution in [-0.2, 0) is 4.79 Å². The maximum Gasteiger partial charge on any atom is 0.278 e. The van der Waals surface area contributed by atoms with Crippen molar-refractivity contribution >= 4 is 5.91 Å². The smallest absolute Gasteiger partial charge is 0.278 e. The van der Waals surface area contributed by atoms with Crippen molar-refractivity contribution in [2.24, 2.45) is 11.8 Å². The fourth-order valence-electron chi connectivity index (χ4n) is 2.70. The van der Waals surface area contributed by atoms with Gasteiger partial charge >= 0.3 is 0 Å². The van der Waals surface area contributed by atoms with Crippen molar-refractivity contribution in [3.63, 3.8) is 0 Å². The third kappa shape index (κ3) is 4.30. The molecule has 1 heterocycles. The molecule has 0 aromatic heterocycles. The van der Waals surface area contributed by atoms with Crippen LogP contribution in [0.15, 0.2) is 0 Å². The van der Waals surface area contributed by atoms with Gasteiger partial charge in [0.25, 0.3) is 5.91 Å². The summed E-state index contributed by atoms with van der Waals surface area (Å²) in [5, 5.41) is 3.10. The summed E-state index contributed by atoms with van der Waals surface area (Å²) in [6.07, 6.45) is 2.12. The maximum absolute atomic E-state index is 12.2. The molecule has 0 bridgehead atoms. The monoisotopic (exact) mass is 241 g/mol. The van der Waals surface area contributed by atoms with Crippen molar-refractivity contribution in [3.05, 3.63) is 0 Å². The van der Waals surface area contributed by atoms with E-state index in [-0.39, 0.29) is 11.9 Å². The zero-order valence-corrected chi connectivity index (χ0v) is 12.0. The summed E-state index contributed by atoms with van der Waals surface area (Å²) in [4.78, 5) is 13.6. The third-order valence-corrected chi connectivity index (χ3v) is 3.75. The second kappa shape index (κ2) is 6.39.